The van der Waals surface area contributed by atoms with E-state index in [1.54, 1.807) is 12.1 Å². The van der Waals surface area contributed by atoms with Crippen molar-refractivity contribution in [1.29, 1.82) is 0 Å². The van der Waals surface area contributed by atoms with E-state index in [0.717, 1.165) is 48.1 Å². The van der Waals surface area contributed by atoms with Crippen LogP contribution in [0, 0.1) is 5.82 Å². The minimum Gasteiger partial charge on any atom is -0.372 e. The Kier molecular flexibility index (Phi) is 7.14. The Balaban J connectivity index is 1.50. The fraction of sp³-hybridized carbons (Fsp3) is 0.367. The summed E-state index contributed by atoms with van der Waals surface area (Å²) in [6.07, 6.45) is 6.94. The second-order valence-electron chi connectivity index (χ2n) is 9.56. The molecule has 0 radical (unpaired) electrons. The largest absolute Gasteiger partial charge is 0.372 e. The molecular weight excluding hydrogens is 437 g/mol. The van der Waals surface area contributed by atoms with Crippen molar-refractivity contribution in [1.82, 2.24) is 15.1 Å². The molecule has 3 aromatic carbocycles. The van der Waals surface area contributed by atoms with Crippen molar-refractivity contribution >= 4 is 16.7 Å². The summed E-state index contributed by atoms with van der Waals surface area (Å²) in [5, 5.41) is 5.80. The Bertz CT molecular complexity index is 1230. The number of fused-ring (bicyclic) bond motifs is 2. The second-order valence-corrected chi connectivity index (χ2v) is 9.56. The Morgan fingerprint density at radius 1 is 1.06 bits per heavy atom. The van der Waals surface area contributed by atoms with Crippen LogP contribution in [0.1, 0.15) is 60.1 Å². The summed E-state index contributed by atoms with van der Waals surface area (Å²) in [7, 11) is 0. The standard InChI is InChI=1S/C30H34FN3O/c1-2-10-29(32-17-9-20-33-18-5-6-19-33)34-28(21-26-25(30(34)35)15-8-16-27(26)31)24-14-7-12-22-11-3-4-13-23(22)24/h3-4,7-8,10-16,28,32H,2,5-6,9,17-21H2,1H3/b29-10+. The van der Waals surface area contributed by atoms with E-state index in [4.69, 9.17) is 0 Å². The van der Waals surface area contributed by atoms with Crippen molar-refractivity contribution in [3.63, 3.8) is 0 Å². The Hall–Kier alpha value is -3.18. The number of halogens is 1. The van der Waals surface area contributed by atoms with Gasteiger partial charge in [-0.15, -0.1) is 0 Å². The summed E-state index contributed by atoms with van der Waals surface area (Å²) < 4.78 is 14.9. The third kappa shape index (κ3) is 4.83. The van der Waals surface area contributed by atoms with Gasteiger partial charge < -0.3 is 10.2 Å². The van der Waals surface area contributed by atoms with Gasteiger partial charge in [-0.05, 0) is 79.9 Å². The first kappa shape index (κ1) is 23.6. The Morgan fingerprint density at radius 3 is 2.66 bits per heavy atom. The minimum absolute atomic E-state index is 0.143. The first-order valence-corrected chi connectivity index (χ1v) is 12.9. The summed E-state index contributed by atoms with van der Waals surface area (Å²) in [5.74, 6) is 0.377. The molecule has 0 aromatic heterocycles. The van der Waals surface area contributed by atoms with Gasteiger partial charge in [-0.2, -0.15) is 0 Å². The number of hydrogen-bond acceptors (Lipinski definition) is 3. The van der Waals surface area contributed by atoms with Crippen LogP contribution in [0.2, 0.25) is 0 Å². The summed E-state index contributed by atoms with van der Waals surface area (Å²) >= 11 is 0. The number of carbonyl (C=O) groups excluding carboxylic acids is 1. The van der Waals surface area contributed by atoms with Gasteiger partial charge in [0.1, 0.15) is 11.6 Å². The number of rotatable bonds is 8. The van der Waals surface area contributed by atoms with Gasteiger partial charge in [-0.3, -0.25) is 9.69 Å². The van der Waals surface area contributed by atoms with Crippen LogP contribution >= 0.6 is 0 Å². The quantitative estimate of drug-likeness (QED) is 0.407. The highest BCUT2D eigenvalue weighted by atomic mass is 19.1. The van der Waals surface area contributed by atoms with E-state index >= 15 is 0 Å². The minimum atomic E-state index is -0.305. The number of carbonyl (C=O) groups is 1. The molecule has 2 heterocycles. The lowest BCUT2D eigenvalue weighted by atomic mass is 9.87. The van der Waals surface area contributed by atoms with Crippen LogP contribution in [0.25, 0.3) is 10.8 Å². The van der Waals surface area contributed by atoms with Crippen LogP contribution in [0.3, 0.4) is 0 Å². The fourth-order valence-electron chi connectivity index (χ4n) is 5.56. The van der Waals surface area contributed by atoms with Gasteiger partial charge in [0.25, 0.3) is 5.91 Å². The highest BCUT2D eigenvalue weighted by molar-refractivity contribution is 5.99. The average Bonchev–Trinajstić information content (AvgIpc) is 3.40. The van der Waals surface area contributed by atoms with E-state index in [9.17, 15) is 9.18 Å². The summed E-state index contributed by atoms with van der Waals surface area (Å²) in [4.78, 5) is 18.3. The number of nitrogens with one attached hydrogen (secondary N) is 1. The van der Waals surface area contributed by atoms with E-state index in [1.165, 1.54) is 32.0 Å². The SMILES string of the molecule is CC/C=C(\NCCCN1CCCC1)N1C(=O)c2cccc(F)c2CC1c1cccc2ccccc12. The summed E-state index contributed by atoms with van der Waals surface area (Å²) in [5.41, 5.74) is 2.02. The first-order chi connectivity index (χ1) is 17.2. The lowest BCUT2D eigenvalue weighted by molar-refractivity contribution is 0.0703. The molecule has 182 valence electrons. The zero-order valence-corrected chi connectivity index (χ0v) is 20.5. The Morgan fingerprint density at radius 2 is 1.83 bits per heavy atom. The van der Waals surface area contributed by atoms with Crippen molar-refractivity contribution in [2.45, 2.75) is 45.1 Å². The van der Waals surface area contributed by atoms with Crippen LogP contribution in [-0.2, 0) is 6.42 Å². The van der Waals surface area contributed by atoms with Crippen molar-refractivity contribution in [3.8, 4) is 0 Å². The number of hydrogen-bond donors (Lipinski definition) is 1. The topological polar surface area (TPSA) is 35.6 Å². The average molecular weight is 472 g/mol. The molecule has 5 rings (SSSR count). The van der Waals surface area contributed by atoms with Gasteiger partial charge in [0, 0.05) is 24.1 Å². The molecule has 4 nitrogen and oxygen atoms in total. The number of nitrogens with zero attached hydrogens (tertiary/aromatic N) is 2. The van der Waals surface area contributed by atoms with Gasteiger partial charge in [-0.1, -0.05) is 55.5 Å². The molecule has 35 heavy (non-hydrogen) atoms. The van der Waals surface area contributed by atoms with E-state index in [1.807, 2.05) is 23.1 Å². The molecule has 1 N–H and O–H groups in total. The van der Waals surface area contributed by atoms with E-state index in [-0.39, 0.29) is 17.8 Å². The molecule has 1 fully saturated rings. The third-order valence-corrected chi connectivity index (χ3v) is 7.27. The summed E-state index contributed by atoms with van der Waals surface area (Å²) in [6.45, 7) is 6.33. The van der Waals surface area contributed by atoms with Gasteiger partial charge >= 0.3 is 0 Å². The number of likely N-dealkylation sites (tertiary alicyclic amines) is 1. The monoisotopic (exact) mass is 471 g/mol. The molecule has 2 aliphatic heterocycles. The highest BCUT2D eigenvalue weighted by Crippen LogP contribution is 2.39. The van der Waals surface area contributed by atoms with Crippen LogP contribution < -0.4 is 5.32 Å². The molecular formula is C30H34FN3O. The second kappa shape index (κ2) is 10.6. The molecule has 1 unspecified atom stereocenters. The maximum atomic E-state index is 14.9. The van der Waals surface area contributed by atoms with Gasteiger partial charge in [0.15, 0.2) is 0 Å². The van der Waals surface area contributed by atoms with Crippen LogP contribution in [-0.4, -0.2) is 41.9 Å². The fourth-order valence-corrected chi connectivity index (χ4v) is 5.56. The maximum absolute atomic E-state index is 14.9. The number of benzene rings is 3. The van der Waals surface area contributed by atoms with Crippen LogP contribution in [0.15, 0.2) is 72.6 Å². The Labute approximate surface area is 207 Å². The summed E-state index contributed by atoms with van der Waals surface area (Å²) in [6, 6.07) is 19.0. The number of amides is 1. The lowest BCUT2D eigenvalue weighted by Gasteiger charge is -2.39. The molecule has 2 aliphatic rings. The molecule has 1 amide bonds. The predicted octanol–water partition coefficient (Wildman–Crippen LogP) is 6.05. The smallest absolute Gasteiger partial charge is 0.260 e. The predicted molar refractivity (Wildman–Crippen MR) is 140 cm³/mol. The van der Waals surface area contributed by atoms with E-state index in [2.05, 4.69) is 47.5 Å². The molecule has 1 atom stereocenters. The van der Waals surface area contributed by atoms with Crippen LogP contribution in [0.5, 0.6) is 0 Å². The zero-order valence-electron chi connectivity index (χ0n) is 20.5. The molecule has 3 aromatic rings. The molecule has 0 bridgehead atoms. The van der Waals surface area contributed by atoms with Crippen molar-refractivity contribution < 1.29 is 9.18 Å². The van der Waals surface area contributed by atoms with Gasteiger partial charge in [0.2, 0.25) is 0 Å². The molecule has 0 saturated carbocycles. The van der Waals surface area contributed by atoms with Gasteiger partial charge in [-0.25, -0.2) is 4.39 Å². The van der Waals surface area contributed by atoms with Crippen LogP contribution in [0.4, 0.5) is 4.39 Å². The van der Waals surface area contributed by atoms with E-state index in [0.29, 0.717) is 17.5 Å². The number of allylic oxidation sites excluding steroid dienone is 1. The molecule has 0 aliphatic carbocycles. The zero-order chi connectivity index (χ0) is 24.2. The van der Waals surface area contributed by atoms with Crippen molar-refractivity contribution in [3.05, 3.63) is 95.1 Å². The van der Waals surface area contributed by atoms with Gasteiger partial charge in [0.05, 0.1) is 6.04 Å². The van der Waals surface area contributed by atoms with Crippen molar-refractivity contribution in [2.24, 2.45) is 0 Å². The highest BCUT2D eigenvalue weighted by Gasteiger charge is 2.37. The molecule has 1 saturated heterocycles. The van der Waals surface area contributed by atoms with Crippen molar-refractivity contribution in [2.75, 3.05) is 26.2 Å². The molecule has 5 heteroatoms. The maximum Gasteiger partial charge on any atom is 0.260 e. The lowest BCUT2D eigenvalue weighted by Crippen LogP contribution is -2.44. The first-order valence-electron chi connectivity index (χ1n) is 12.9. The molecule has 0 spiro atoms. The van der Waals surface area contributed by atoms with E-state index < -0.39 is 0 Å². The third-order valence-electron chi connectivity index (χ3n) is 7.27. The normalized spacial score (nSPS) is 18.8.